The van der Waals surface area contributed by atoms with Crippen LogP contribution in [0, 0.1) is 0 Å². The van der Waals surface area contributed by atoms with Gasteiger partial charge in [0.25, 0.3) is 0 Å². The number of esters is 1. The highest BCUT2D eigenvalue weighted by molar-refractivity contribution is 6.03. The summed E-state index contributed by atoms with van der Waals surface area (Å²) in [6.45, 7) is 7.61. The first-order valence-corrected chi connectivity index (χ1v) is 12.5. The highest BCUT2D eigenvalue weighted by Gasteiger charge is 2.30. The van der Waals surface area contributed by atoms with E-state index >= 15 is 0 Å². The Morgan fingerprint density at radius 1 is 1.24 bits per heavy atom. The number of hydrogen-bond donors (Lipinski definition) is 2. The molecule has 1 amide bonds. The number of anilines is 2. The number of amides is 1. The minimum absolute atomic E-state index is 0.0147. The van der Waals surface area contributed by atoms with Gasteiger partial charge in [0, 0.05) is 24.0 Å². The lowest BCUT2D eigenvalue weighted by Crippen LogP contribution is -2.37. The van der Waals surface area contributed by atoms with Gasteiger partial charge >= 0.3 is 5.97 Å². The summed E-state index contributed by atoms with van der Waals surface area (Å²) in [5, 5.41) is 7.05. The molecule has 0 bridgehead atoms. The number of aromatic nitrogens is 2. The Bertz CT molecular complexity index is 1250. The second-order valence-corrected chi connectivity index (χ2v) is 8.98. The lowest BCUT2D eigenvalue weighted by atomic mass is 10.1. The van der Waals surface area contributed by atoms with Crippen molar-refractivity contribution in [1.82, 2.24) is 14.9 Å². The minimum atomic E-state index is -0.341. The maximum atomic E-state index is 12.2. The Morgan fingerprint density at radius 2 is 2.05 bits per heavy atom. The van der Waals surface area contributed by atoms with Gasteiger partial charge in [0.15, 0.2) is 0 Å². The number of rotatable bonds is 11. The van der Waals surface area contributed by atoms with Crippen LogP contribution in [0.15, 0.2) is 61.4 Å². The van der Waals surface area contributed by atoms with Gasteiger partial charge in [0.05, 0.1) is 24.9 Å². The van der Waals surface area contributed by atoms with Crippen molar-refractivity contribution in [3.05, 3.63) is 67.0 Å². The minimum Gasteiger partial charge on any atom is -0.491 e. The molecular weight excluding hydrogens is 470 g/mol. The third-order valence-electron chi connectivity index (χ3n) is 6.52. The van der Waals surface area contributed by atoms with E-state index in [0.717, 1.165) is 36.9 Å². The summed E-state index contributed by atoms with van der Waals surface area (Å²) in [6, 6.07) is 13.5. The SMILES string of the molecule is C=CC(=O)Nc1cc2c(NC(C)c3ccccc3)ncnc2cc1OCCCN1CCCC1C(=O)OC. The summed E-state index contributed by atoms with van der Waals surface area (Å²) in [6.07, 6.45) is 5.23. The average molecular weight is 504 g/mol. The third-order valence-corrected chi connectivity index (χ3v) is 6.52. The molecule has 2 unspecified atom stereocenters. The van der Waals surface area contributed by atoms with Crippen molar-refractivity contribution in [3.8, 4) is 5.75 Å². The normalized spacial score (nSPS) is 16.2. The molecule has 2 atom stereocenters. The van der Waals surface area contributed by atoms with Crippen LogP contribution in [0.5, 0.6) is 5.75 Å². The lowest BCUT2D eigenvalue weighted by molar-refractivity contribution is -0.145. The quantitative estimate of drug-likeness (QED) is 0.226. The monoisotopic (exact) mass is 503 g/mol. The van der Waals surface area contributed by atoms with Gasteiger partial charge in [0.2, 0.25) is 5.91 Å². The fraction of sp³-hybridized carbons (Fsp3) is 0.357. The van der Waals surface area contributed by atoms with Crippen LogP contribution in [0.25, 0.3) is 10.9 Å². The number of methoxy groups -OCH3 is 1. The van der Waals surface area contributed by atoms with Crippen LogP contribution in [0.3, 0.4) is 0 Å². The fourth-order valence-electron chi connectivity index (χ4n) is 4.58. The Labute approximate surface area is 216 Å². The van der Waals surface area contributed by atoms with E-state index in [2.05, 4.69) is 51.1 Å². The van der Waals surface area contributed by atoms with Crippen molar-refractivity contribution in [3.63, 3.8) is 0 Å². The van der Waals surface area contributed by atoms with Crippen molar-refractivity contribution < 1.29 is 19.1 Å². The number of nitrogens with zero attached hydrogens (tertiary/aromatic N) is 3. The van der Waals surface area contributed by atoms with E-state index in [1.165, 1.54) is 19.5 Å². The van der Waals surface area contributed by atoms with Crippen molar-refractivity contribution in [2.45, 2.75) is 38.3 Å². The smallest absolute Gasteiger partial charge is 0.323 e. The number of carbonyl (C=O) groups is 2. The first kappa shape index (κ1) is 26.1. The fourth-order valence-corrected chi connectivity index (χ4v) is 4.58. The predicted molar refractivity (Wildman–Crippen MR) is 144 cm³/mol. The highest BCUT2D eigenvalue weighted by Crippen LogP contribution is 2.33. The molecule has 2 aromatic carbocycles. The molecule has 0 spiro atoms. The maximum Gasteiger partial charge on any atom is 0.323 e. The number of carbonyl (C=O) groups excluding carboxylic acids is 2. The number of nitrogens with one attached hydrogen (secondary N) is 2. The van der Waals surface area contributed by atoms with Crippen molar-refractivity contribution in [2.75, 3.05) is 37.4 Å². The molecule has 194 valence electrons. The first-order valence-electron chi connectivity index (χ1n) is 12.5. The Balaban J connectivity index is 1.51. The van der Waals surface area contributed by atoms with Gasteiger partial charge in [-0.25, -0.2) is 9.97 Å². The second-order valence-electron chi connectivity index (χ2n) is 8.98. The summed E-state index contributed by atoms with van der Waals surface area (Å²) >= 11 is 0. The third kappa shape index (κ3) is 6.42. The average Bonchev–Trinajstić information content (AvgIpc) is 3.40. The number of ether oxygens (including phenoxy) is 2. The zero-order valence-corrected chi connectivity index (χ0v) is 21.3. The van der Waals surface area contributed by atoms with Crippen molar-refractivity contribution in [2.24, 2.45) is 0 Å². The predicted octanol–water partition coefficient (Wildman–Crippen LogP) is 4.33. The highest BCUT2D eigenvalue weighted by atomic mass is 16.5. The number of hydrogen-bond acceptors (Lipinski definition) is 8. The number of fused-ring (bicyclic) bond motifs is 1. The van der Waals surface area contributed by atoms with Gasteiger partial charge < -0.3 is 20.1 Å². The van der Waals surface area contributed by atoms with E-state index in [1.54, 1.807) is 6.07 Å². The molecule has 3 aromatic rings. The van der Waals surface area contributed by atoms with Crippen LogP contribution in [-0.2, 0) is 14.3 Å². The molecule has 9 heteroatoms. The summed E-state index contributed by atoms with van der Waals surface area (Å²) in [4.78, 5) is 35.2. The summed E-state index contributed by atoms with van der Waals surface area (Å²) in [5.41, 5.74) is 2.33. The molecule has 0 radical (unpaired) electrons. The summed E-state index contributed by atoms with van der Waals surface area (Å²) < 4.78 is 11.0. The molecule has 1 saturated heterocycles. The summed E-state index contributed by atoms with van der Waals surface area (Å²) in [5.74, 6) is 0.638. The molecule has 1 aliphatic heterocycles. The van der Waals surface area contributed by atoms with Crippen LogP contribution in [0.4, 0.5) is 11.5 Å². The van der Waals surface area contributed by atoms with E-state index in [4.69, 9.17) is 9.47 Å². The van der Waals surface area contributed by atoms with E-state index < -0.39 is 0 Å². The molecule has 1 aromatic heterocycles. The van der Waals surface area contributed by atoms with Crippen LogP contribution < -0.4 is 15.4 Å². The molecular formula is C28H33N5O4. The lowest BCUT2D eigenvalue weighted by Gasteiger charge is -2.22. The second kappa shape index (κ2) is 12.3. The van der Waals surface area contributed by atoms with Gasteiger partial charge in [-0.1, -0.05) is 36.9 Å². The molecule has 2 N–H and O–H groups in total. The van der Waals surface area contributed by atoms with Gasteiger partial charge in [-0.15, -0.1) is 0 Å². The van der Waals surface area contributed by atoms with Gasteiger partial charge in [-0.2, -0.15) is 0 Å². The molecule has 0 aliphatic carbocycles. The van der Waals surface area contributed by atoms with Gasteiger partial charge in [-0.05, 0) is 50.4 Å². The van der Waals surface area contributed by atoms with Crippen LogP contribution in [-0.4, -0.2) is 59.6 Å². The largest absolute Gasteiger partial charge is 0.491 e. The van der Waals surface area contributed by atoms with E-state index in [0.29, 0.717) is 35.8 Å². The number of likely N-dealkylation sites (tertiary alicyclic amines) is 1. The topological polar surface area (TPSA) is 106 Å². The molecule has 1 aliphatic rings. The molecule has 2 heterocycles. The Kier molecular flexibility index (Phi) is 8.68. The van der Waals surface area contributed by atoms with Crippen LogP contribution in [0.2, 0.25) is 0 Å². The van der Waals surface area contributed by atoms with E-state index in [-0.39, 0.29) is 24.0 Å². The summed E-state index contributed by atoms with van der Waals surface area (Å²) in [7, 11) is 1.42. The Morgan fingerprint density at radius 3 is 2.81 bits per heavy atom. The molecule has 37 heavy (non-hydrogen) atoms. The first-order chi connectivity index (χ1) is 18.0. The number of benzene rings is 2. The van der Waals surface area contributed by atoms with E-state index in [9.17, 15) is 9.59 Å². The maximum absolute atomic E-state index is 12.2. The van der Waals surface area contributed by atoms with Crippen molar-refractivity contribution in [1.29, 1.82) is 0 Å². The van der Waals surface area contributed by atoms with Gasteiger partial charge in [-0.3, -0.25) is 14.5 Å². The Hall–Kier alpha value is -3.98. The van der Waals surface area contributed by atoms with Crippen molar-refractivity contribution >= 4 is 34.3 Å². The van der Waals surface area contributed by atoms with E-state index in [1.807, 2.05) is 24.3 Å². The molecule has 1 fully saturated rings. The zero-order valence-electron chi connectivity index (χ0n) is 21.3. The molecule has 9 nitrogen and oxygen atoms in total. The molecule has 4 rings (SSSR count). The zero-order chi connectivity index (χ0) is 26.2. The molecule has 0 saturated carbocycles. The standard InChI is InChI=1S/C28H33N5O4/c1-4-26(34)32-23-16-21-22(29-18-30-27(21)31-19(2)20-10-6-5-7-11-20)17-25(23)37-15-9-14-33-13-8-12-24(33)28(35)36-3/h4-7,10-11,16-19,24H,1,8-9,12-15H2,2-3H3,(H,32,34)(H,29,30,31). The van der Waals surface area contributed by atoms with Gasteiger partial charge in [0.1, 0.15) is 23.9 Å². The van der Waals surface area contributed by atoms with Crippen LogP contribution in [0.1, 0.15) is 37.8 Å². The van der Waals surface area contributed by atoms with Crippen LogP contribution >= 0.6 is 0 Å².